The third-order valence-corrected chi connectivity index (χ3v) is 8.54. The molecule has 0 aliphatic carbocycles. The lowest BCUT2D eigenvalue weighted by atomic mass is 10.1. The normalized spacial score (nSPS) is 16.7. The number of nitriles is 2. The lowest BCUT2D eigenvalue weighted by Crippen LogP contribution is -2.36. The van der Waals surface area contributed by atoms with Gasteiger partial charge < -0.3 is 25.2 Å². The van der Waals surface area contributed by atoms with Crippen molar-refractivity contribution >= 4 is 11.8 Å². The second kappa shape index (κ2) is 16.5. The van der Waals surface area contributed by atoms with Crippen LogP contribution in [0.15, 0.2) is 61.2 Å². The van der Waals surface area contributed by atoms with Crippen molar-refractivity contribution in [1.82, 2.24) is 40.0 Å². The summed E-state index contributed by atoms with van der Waals surface area (Å²) in [7, 11) is 1.62. The van der Waals surface area contributed by atoms with E-state index in [0.717, 1.165) is 17.7 Å². The van der Waals surface area contributed by atoms with E-state index in [1.54, 1.807) is 50.8 Å². The van der Waals surface area contributed by atoms with Crippen molar-refractivity contribution in [3.05, 3.63) is 83.9 Å². The van der Waals surface area contributed by atoms with Crippen LogP contribution in [-0.2, 0) is 17.8 Å². The molecule has 13 nitrogen and oxygen atoms in total. The van der Waals surface area contributed by atoms with Crippen molar-refractivity contribution in [3.63, 3.8) is 0 Å². The maximum Gasteiger partial charge on any atom is 0.254 e. The fourth-order valence-electron chi connectivity index (χ4n) is 5.73. The monoisotopic (exact) mass is 684 g/mol. The number of carbonyl (C=O) groups excluding carboxylic acids is 2. The van der Waals surface area contributed by atoms with Gasteiger partial charge in [-0.2, -0.15) is 20.7 Å². The van der Waals surface area contributed by atoms with Crippen molar-refractivity contribution in [2.24, 2.45) is 0 Å². The summed E-state index contributed by atoms with van der Waals surface area (Å²) >= 11 is 0. The predicted octanol–water partition coefficient (Wildman–Crippen LogP) is 3.62. The zero-order chi connectivity index (χ0) is 35.6. The van der Waals surface area contributed by atoms with Crippen LogP contribution >= 0.6 is 0 Å². The molecule has 4 heterocycles. The summed E-state index contributed by atoms with van der Waals surface area (Å²) in [5.74, 6) is -2.06. The summed E-state index contributed by atoms with van der Waals surface area (Å²) in [5.41, 5.74) is 2.92. The molecule has 2 aromatic carbocycles. The van der Waals surface area contributed by atoms with Gasteiger partial charge in [-0.1, -0.05) is 12.1 Å². The average molecular weight is 685 g/mol. The number of carbonyl (C=O) groups is 2. The van der Waals surface area contributed by atoms with Crippen LogP contribution in [0, 0.1) is 34.5 Å². The van der Waals surface area contributed by atoms with Gasteiger partial charge in [0.15, 0.2) is 12.4 Å². The van der Waals surface area contributed by atoms with Gasteiger partial charge in [-0.25, -0.2) is 8.78 Å². The Morgan fingerprint density at radius 1 is 0.820 bits per heavy atom. The molecule has 260 valence electrons. The third-order valence-electron chi connectivity index (χ3n) is 8.54. The van der Waals surface area contributed by atoms with Gasteiger partial charge in [0.1, 0.15) is 11.6 Å². The number of aryl methyl sites for hydroxylation is 1. The molecule has 0 radical (unpaired) electrons. The number of amides is 2. The Bertz CT molecular complexity index is 1900. The number of methoxy groups -OCH3 is 1. The van der Waals surface area contributed by atoms with Gasteiger partial charge in [-0.05, 0) is 55.2 Å². The Morgan fingerprint density at radius 3 is 1.70 bits per heavy atom. The minimum atomic E-state index is -0.584. The number of ether oxygens (including phenoxy) is 1. The smallest absolute Gasteiger partial charge is 0.254 e. The van der Waals surface area contributed by atoms with Crippen LogP contribution in [0.1, 0.15) is 40.5 Å². The Labute approximate surface area is 288 Å². The number of likely N-dealkylation sites (tertiary alicyclic amines) is 2. The molecule has 0 bridgehead atoms. The first-order chi connectivity index (χ1) is 24.2. The second-order valence-corrected chi connectivity index (χ2v) is 12.0. The maximum absolute atomic E-state index is 14.4. The molecule has 15 heteroatoms. The average Bonchev–Trinajstić information content (AvgIpc) is 3.95. The van der Waals surface area contributed by atoms with E-state index in [1.165, 1.54) is 24.3 Å². The lowest BCUT2D eigenvalue weighted by Gasteiger charge is -2.13. The minimum absolute atomic E-state index is 0.00377. The van der Waals surface area contributed by atoms with E-state index in [-0.39, 0.29) is 23.2 Å². The predicted molar refractivity (Wildman–Crippen MR) is 179 cm³/mol. The number of rotatable bonds is 10. The van der Waals surface area contributed by atoms with Gasteiger partial charge in [0.05, 0.1) is 36.7 Å². The van der Waals surface area contributed by atoms with E-state index in [0.29, 0.717) is 63.3 Å². The summed E-state index contributed by atoms with van der Waals surface area (Å²) in [6.45, 7) is 6.02. The fourth-order valence-corrected chi connectivity index (χ4v) is 5.73. The molecule has 6 rings (SSSR count). The van der Waals surface area contributed by atoms with E-state index in [4.69, 9.17) is 15.3 Å². The highest BCUT2D eigenvalue weighted by Gasteiger charge is 2.26. The largest absolute Gasteiger partial charge is 0.383 e. The minimum Gasteiger partial charge on any atom is -0.383 e. The molecule has 2 aliphatic rings. The van der Waals surface area contributed by atoms with Crippen molar-refractivity contribution in [1.29, 1.82) is 10.5 Å². The number of hydrogen-bond acceptors (Lipinski definition) is 9. The molecule has 2 saturated heterocycles. The first-order valence-electron chi connectivity index (χ1n) is 16.3. The lowest BCUT2D eigenvalue weighted by molar-refractivity contribution is 0.0926. The standard InChI is InChI=1S/C18H20FN5O2.C17H18FN5O/c1-26-7-6-24-10-14(9-21-24)13-2-3-16(17(19)8-13)18(25)22-15-4-5-23(11-15)12-20;1-2-23-9-13(8-20-23)12-3-4-15(16(18)7-12)17(24)21-14-5-6-22(10-14)11-19/h2-3,8-10,15H,4-7,11H2,1H3,(H,22,25);3-4,7-9,14H,2,5-6,10H2,1H3,(H,21,24)/t15-;14-/m11/s1. The van der Waals surface area contributed by atoms with Gasteiger partial charge in [0.25, 0.3) is 11.8 Å². The highest BCUT2D eigenvalue weighted by molar-refractivity contribution is 5.95. The highest BCUT2D eigenvalue weighted by Crippen LogP contribution is 2.23. The Morgan fingerprint density at radius 2 is 1.30 bits per heavy atom. The molecule has 2 fully saturated rings. The number of nitrogens with one attached hydrogen (secondary N) is 2. The van der Waals surface area contributed by atoms with E-state index >= 15 is 0 Å². The molecule has 2 atom stereocenters. The van der Waals surface area contributed by atoms with E-state index in [2.05, 4.69) is 33.2 Å². The molecule has 2 N–H and O–H groups in total. The molecule has 2 aliphatic heterocycles. The molecule has 50 heavy (non-hydrogen) atoms. The van der Waals surface area contributed by atoms with E-state index in [9.17, 15) is 18.4 Å². The molecule has 4 aromatic rings. The third kappa shape index (κ3) is 8.80. The topological polar surface area (TPSA) is 157 Å². The summed E-state index contributed by atoms with van der Waals surface area (Å²) in [4.78, 5) is 27.7. The van der Waals surface area contributed by atoms with Gasteiger partial charge in [-0.3, -0.25) is 19.0 Å². The van der Waals surface area contributed by atoms with Crippen LogP contribution in [-0.4, -0.2) is 93.2 Å². The molecule has 0 saturated carbocycles. The zero-order valence-corrected chi connectivity index (χ0v) is 27.9. The second-order valence-electron chi connectivity index (χ2n) is 12.0. The molecule has 0 unspecified atom stereocenters. The number of hydrogen-bond donors (Lipinski definition) is 2. The van der Waals surface area contributed by atoms with Crippen molar-refractivity contribution in [2.45, 2.75) is 44.9 Å². The summed E-state index contributed by atoms with van der Waals surface area (Å²) < 4.78 is 37.3. The zero-order valence-electron chi connectivity index (χ0n) is 27.9. The van der Waals surface area contributed by atoms with Crippen LogP contribution in [0.2, 0.25) is 0 Å². The Hall–Kier alpha value is -5.80. The van der Waals surface area contributed by atoms with Crippen LogP contribution in [0.4, 0.5) is 8.78 Å². The first kappa shape index (κ1) is 35.5. The quantitative estimate of drug-likeness (QED) is 0.238. The summed E-state index contributed by atoms with van der Waals surface area (Å²) in [5, 5.41) is 31.6. The SMILES string of the molecule is CCn1cc(-c2ccc(C(=O)N[C@@H]3CCN(C#N)C3)c(F)c2)cn1.COCCn1cc(-c2ccc(C(=O)N[C@@H]3CCN(C#N)C3)c(F)c2)cn1. The van der Waals surface area contributed by atoms with Crippen molar-refractivity contribution in [2.75, 3.05) is 39.9 Å². The number of benzene rings is 2. The highest BCUT2D eigenvalue weighted by atomic mass is 19.1. The molecule has 0 spiro atoms. The van der Waals surface area contributed by atoms with E-state index in [1.807, 2.05) is 19.3 Å². The van der Waals surface area contributed by atoms with Crippen LogP contribution in [0.3, 0.4) is 0 Å². The van der Waals surface area contributed by atoms with Gasteiger partial charge in [-0.15, -0.1) is 0 Å². The molecule has 2 amide bonds. The van der Waals surface area contributed by atoms with Crippen molar-refractivity contribution in [3.8, 4) is 34.6 Å². The molecular weight excluding hydrogens is 646 g/mol. The van der Waals surface area contributed by atoms with Gasteiger partial charge in [0, 0.05) is 75.4 Å². The molecular formula is C35H38F2N10O3. The van der Waals surface area contributed by atoms with Crippen molar-refractivity contribution < 1.29 is 23.1 Å². The van der Waals surface area contributed by atoms with Crippen LogP contribution in [0.25, 0.3) is 22.3 Å². The van der Waals surface area contributed by atoms with Gasteiger partial charge >= 0.3 is 0 Å². The fraction of sp³-hybridized carbons (Fsp3) is 0.371. The van der Waals surface area contributed by atoms with Crippen LogP contribution in [0.5, 0.6) is 0 Å². The Balaban J connectivity index is 0.000000195. The summed E-state index contributed by atoms with van der Waals surface area (Å²) in [6, 6.07) is 8.80. The number of nitrogens with zero attached hydrogens (tertiary/aromatic N) is 8. The Kier molecular flexibility index (Phi) is 11.7. The van der Waals surface area contributed by atoms with E-state index < -0.39 is 23.4 Å². The summed E-state index contributed by atoms with van der Waals surface area (Å²) in [6.07, 6.45) is 12.4. The number of halogens is 2. The first-order valence-corrected chi connectivity index (χ1v) is 16.3. The molecule has 2 aromatic heterocycles. The maximum atomic E-state index is 14.4. The van der Waals surface area contributed by atoms with Gasteiger partial charge in [0.2, 0.25) is 0 Å². The van der Waals surface area contributed by atoms with Crippen LogP contribution < -0.4 is 10.6 Å². The number of aromatic nitrogens is 4.